The van der Waals surface area contributed by atoms with Gasteiger partial charge in [0.25, 0.3) is 0 Å². The lowest BCUT2D eigenvalue weighted by Gasteiger charge is -2.26. The van der Waals surface area contributed by atoms with Gasteiger partial charge in [0.05, 0.1) is 11.9 Å². The predicted molar refractivity (Wildman–Crippen MR) is 135 cm³/mol. The molecule has 0 amide bonds. The molecule has 0 radical (unpaired) electrons. The summed E-state index contributed by atoms with van der Waals surface area (Å²) in [6.07, 6.45) is 7.89. The van der Waals surface area contributed by atoms with Crippen molar-refractivity contribution in [2.75, 3.05) is 22.9 Å². The van der Waals surface area contributed by atoms with E-state index in [1.807, 2.05) is 33.2 Å². The Morgan fingerprint density at radius 1 is 1.21 bits per heavy atom. The van der Waals surface area contributed by atoms with E-state index in [0.717, 1.165) is 29.6 Å². The summed E-state index contributed by atoms with van der Waals surface area (Å²) in [6, 6.07) is 5.84. The highest BCUT2D eigenvalue weighted by molar-refractivity contribution is 6.30. The van der Waals surface area contributed by atoms with Crippen LogP contribution >= 0.6 is 11.6 Å². The lowest BCUT2D eigenvalue weighted by atomic mass is 9.93. The smallest absolute Gasteiger partial charge is 0.226 e. The molecule has 2 aromatic heterocycles. The quantitative estimate of drug-likeness (QED) is 0.342. The molecule has 3 aromatic rings. The van der Waals surface area contributed by atoms with Crippen molar-refractivity contribution >= 4 is 40.2 Å². The largest absolute Gasteiger partial charge is 0.398 e. The lowest BCUT2D eigenvalue weighted by molar-refractivity contribution is 0.0303. The van der Waals surface area contributed by atoms with E-state index in [1.165, 1.54) is 19.3 Å². The van der Waals surface area contributed by atoms with Crippen LogP contribution in [0.5, 0.6) is 0 Å². The highest BCUT2D eigenvalue weighted by atomic mass is 35.5. The fourth-order valence-corrected chi connectivity index (χ4v) is 4.34. The molecule has 8 nitrogen and oxygen atoms in total. The van der Waals surface area contributed by atoms with Crippen molar-refractivity contribution < 1.29 is 5.11 Å². The topological polar surface area (TPSA) is 114 Å². The molecule has 0 aliphatic heterocycles. The van der Waals surface area contributed by atoms with Gasteiger partial charge in [0.15, 0.2) is 17.0 Å². The Morgan fingerprint density at radius 3 is 2.70 bits per heavy atom. The predicted octanol–water partition coefficient (Wildman–Crippen LogP) is 5.00. The summed E-state index contributed by atoms with van der Waals surface area (Å²) in [4.78, 5) is 14.2. The van der Waals surface area contributed by atoms with Crippen LogP contribution in [0.1, 0.15) is 64.5 Å². The molecule has 1 atom stereocenters. The van der Waals surface area contributed by atoms with Gasteiger partial charge in [0, 0.05) is 35.8 Å². The summed E-state index contributed by atoms with van der Waals surface area (Å²) < 4.78 is 2.19. The first-order chi connectivity index (χ1) is 15.7. The molecule has 1 saturated carbocycles. The minimum Gasteiger partial charge on any atom is -0.398 e. The molecule has 178 valence electrons. The van der Waals surface area contributed by atoms with Gasteiger partial charge in [-0.05, 0) is 50.5 Å². The van der Waals surface area contributed by atoms with Gasteiger partial charge in [-0.15, -0.1) is 0 Å². The SMILES string of the molecule is CC(CNc1nc(NCc2cc(Cl)ccc2N)c2ncn(C3CCCCC3)c2n1)C(C)(C)O. The standard InChI is InChI=1S/C24H34ClN7O/c1-15(24(2,3)33)12-28-23-30-21(27-13-16-11-17(25)9-10-19(16)26)20-22(31-23)32(14-29-20)18-7-5-4-6-8-18/h9-11,14-15,18,33H,4-8,12-13,26H2,1-3H3,(H2,27,28,30,31). The van der Waals surface area contributed by atoms with Crippen LogP contribution in [-0.4, -0.2) is 36.8 Å². The molecule has 0 spiro atoms. The molecular weight excluding hydrogens is 438 g/mol. The molecule has 2 heterocycles. The van der Waals surface area contributed by atoms with Crippen LogP contribution < -0.4 is 16.4 Å². The van der Waals surface area contributed by atoms with Crippen molar-refractivity contribution in [1.29, 1.82) is 0 Å². The van der Waals surface area contributed by atoms with E-state index in [0.29, 0.717) is 41.6 Å². The number of hydrogen-bond donors (Lipinski definition) is 4. The van der Waals surface area contributed by atoms with Crippen LogP contribution in [0, 0.1) is 5.92 Å². The average molecular weight is 472 g/mol. The van der Waals surface area contributed by atoms with E-state index in [4.69, 9.17) is 27.3 Å². The first kappa shape index (κ1) is 23.6. The van der Waals surface area contributed by atoms with Crippen LogP contribution in [-0.2, 0) is 6.54 Å². The second-order valence-corrected chi connectivity index (χ2v) is 10.1. The van der Waals surface area contributed by atoms with Gasteiger partial charge < -0.3 is 26.0 Å². The fraction of sp³-hybridized carbons (Fsp3) is 0.542. The molecule has 0 bridgehead atoms. The third-order valence-electron chi connectivity index (χ3n) is 6.71. The van der Waals surface area contributed by atoms with Crippen LogP contribution in [0.4, 0.5) is 17.5 Å². The zero-order valence-electron chi connectivity index (χ0n) is 19.6. The first-order valence-corrected chi connectivity index (χ1v) is 12.1. The lowest BCUT2D eigenvalue weighted by Crippen LogP contribution is -2.33. The van der Waals surface area contributed by atoms with Crippen molar-refractivity contribution in [2.24, 2.45) is 5.92 Å². The monoisotopic (exact) mass is 471 g/mol. The van der Waals surface area contributed by atoms with E-state index in [-0.39, 0.29) is 5.92 Å². The highest BCUT2D eigenvalue weighted by Gasteiger charge is 2.24. The van der Waals surface area contributed by atoms with Crippen molar-refractivity contribution in [3.8, 4) is 0 Å². The Bertz CT molecular complexity index is 1100. The molecule has 5 N–H and O–H groups in total. The molecule has 1 aromatic carbocycles. The number of aliphatic hydroxyl groups is 1. The maximum absolute atomic E-state index is 10.3. The zero-order chi connectivity index (χ0) is 23.6. The molecule has 1 fully saturated rings. The third-order valence-corrected chi connectivity index (χ3v) is 6.95. The summed E-state index contributed by atoms with van der Waals surface area (Å²) >= 11 is 6.16. The van der Waals surface area contributed by atoms with Crippen LogP contribution in [0.25, 0.3) is 11.2 Å². The highest BCUT2D eigenvalue weighted by Crippen LogP contribution is 2.32. The molecule has 1 aliphatic carbocycles. The minimum absolute atomic E-state index is 0.0164. The van der Waals surface area contributed by atoms with E-state index in [9.17, 15) is 5.11 Å². The molecule has 9 heteroatoms. The molecule has 4 rings (SSSR count). The summed E-state index contributed by atoms with van der Waals surface area (Å²) in [7, 11) is 0. The Kier molecular flexibility index (Phi) is 6.95. The van der Waals surface area contributed by atoms with Crippen molar-refractivity contribution in [3.05, 3.63) is 35.1 Å². The fourth-order valence-electron chi connectivity index (χ4n) is 4.15. The van der Waals surface area contributed by atoms with E-state index in [1.54, 1.807) is 12.1 Å². The minimum atomic E-state index is -0.799. The van der Waals surface area contributed by atoms with Gasteiger partial charge in [-0.2, -0.15) is 9.97 Å². The molecule has 33 heavy (non-hydrogen) atoms. The third kappa shape index (κ3) is 5.50. The number of rotatable bonds is 8. The number of anilines is 3. The van der Waals surface area contributed by atoms with E-state index < -0.39 is 5.60 Å². The number of benzene rings is 1. The van der Waals surface area contributed by atoms with Gasteiger partial charge in [-0.3, -0.25) is 0 Å². The first-order valence-electron chi connectivity index (χ1n) is 11.7. The molecule has 1 aliphatic rings. The molecular formula is C24H34ClN7O. The number of nitrogens with zero attached hydrogens (tertiary/aromatic N) is 4. The van der Waals surface area contributed by atoms with Gasteiger partial charge in [-0.25, -0.2) is 4.98 Å². The number of imidazole rings is 1. The number of halogens is 1. The second-order valence-electron chi connectivity index (χ2n) is 9.64. The summed E-state index contributed by atoms with van der Waals surface area (Å²) in [5.41, 5.74) is 8.45. The second kappa shape index (κ2) is 9.73. The van der Waals surface area contributed by atoms with E-state index >= 15 is 0 Å². The number of aromatic nitrogens is 4. The maximum Gasteiger partial charge on any atom is 0.226 e. The van der Waals surface area contributed by atoms with Crippen molar-refractivity contribution in [3.63, 3.8) is 0 Å². The summed E-state index contributed by atoms with van der Waals surface area (Å²) in [5, 5.41) is 17.6. The summed E-state index contributed by atoms with van der Waals surface area (Å²) in [5.74, 6) is 1.17. The Hall–Kier alpha value is -2.58. The number of nitrogens with one attached hydrogen (secondary N) is 2. The van der Waals surface area contributed by atoms with Crippen molar-refractivity contribution in [2.45, 2.75) is 71.1 Å². The van der Waals surface area contributed by atoms with Gasteiger partial charge in [-0.1, -0.05) is 37.8 Å². The van der Waals surface area contributed by atoms with Crippen LogP contribution in [0.15, 0.2) is 24.5 Å². The van der Waals surface area contributed by atoms with Crippen molar-refractivity contribution in [1.82, 2.24) is 19.5 Å². The average Bonchev–Trinajstić information content (AvgIpc) is 3.22. The summed E-state index contributed by atoms with van der Waals surface area (Å²) in [6.45, 7) is 6.63. The van der Waals surface area contributed by atoms with Gasteiger partial charge >= 0.3 is 0 Å². The van der Waals surface area contributed by atoms with Crippen LogP contribution in [0.3, 0.4) is 0 Å². The Labute approximate surface area is 200 Å². The normalized spacial score (nSPS) is 16.2. The molecule has 1 unspecified atom stereocenters. The van der Waals surface area contributed by atoms with Gasteiger partial charge in [0.2, 0.25) is 5.95 Å². The molecule has 0 saturated heterocycles. The number of nitrogen functional groups attached to an aromatic ring is 1. The van der Waals surface area contributed by atoms with E-state index in [2.05, 4.69) is 20.2 Å². The number of nitrogens with two attached hydrogens (primary N) is 1. The van der Waals surface area contributed by atoms with Crippen LogP contribution in [0.2, 0.25) is 5.02 Å². The number of fused-ring (bicyclic) bond motifs is 1. The van der Waals surface area contributed by atoms with Gasteiger partial charge in [0.1, 0.15) is 0 Å². The maximum atomic E-state index is 10.3. The Morgan fingerprint density at radius 2 is 1.97 bits per heavy atom. The Balaban J connectivity index is 1.65. The zero-order valence-corrected chi connectivity index (χ0v) is 20.4. The number of hydrogen-bond acceptors (Lipinski definition) is 7.